The number of likely N-dealkylation sites (N-methyl/N-ethyl adjacent to an activating group) is 1. The molecule has 2 amide bonds. The van der Waals surface area contributed by atoms with Gasteiger partial charge in [0.05, 0.1) is 5.52 Å². The van der Waals surface area contributed by atoms with Gasteiger partial charge >= 0.3 is 0 Å². The number of hydrogen-bond donors (Lipinski definition) is 1. The van der Waals surface area contributed by atoms with E-state index in [0.29, 0.717) is 22.8 Å². The predicted molar refractivity (Wildman–Crippen MR) is 118 cm³/mol. The van der Waals surface area contributed by atoms with Crippen LogP contribution in [0.2, 0.25) is 5.15 Å². The summed E-state index contributed by atoms with van der Waals surface area (Å²) in [5.41, 5.74) is 2.93. The highest BCUT2D eigenvalue weighted by atomic mass is 35.5. The molecule has 0 bridgehead atoms. The molecule has 0 spiro atoms. The van der Waals surface area contributed by atoms with Crippen molar-refractivity contribution in [3.63, 3.8) is 0 Å². The summed E-state index contributed by atoms with van der Waals surface area (Å²) in [6.07, 6.45) is 0. The van der Waals surface area contributed by atoms with E-state index in [2.05, 4.69) is 22.2 Å². The average Bonchev–Trinajstić information content (AvgIpc) is 2.77. The number of carbonyl (C=O) groups is 2. The fraction of sp³-hybridized carbons (Fsp3) is 0.261. The lowest BCUT2D eigenvalue weighted by molar-refractivity contribution is 0.0664. The summed E-state index contributed by atoms with van der Waals surface area (Å²) in [6.45, 7) is 3.68. The molecule has 2 aromatic carbocycles. The number of benzene rings is 2. The quantitative estimate of drug-likeness (QED) is 0.656. The minimum Gasteiger partial charge on any atom is -0.348 e. The van der Waals surface area contributed by atoms with Gasteiger partial charge in [-0.2, -0.15) is 0 Å². The molecule has 0 saturated carbocycles. The van der Waals surface area contributed by atoms with Crippen molar-refractivity contribution in [3.05, 3.63) is 76.4 Å². The number of piperazine rings is 1. The number of fused-ring (bicyclic) bond motifs is 1. The number of rotatable bonds is 4. The third-order valence-corrected chi connectivity index (χ3v) is 5.57. The molecule has 1 N–H and O–H groups in total. The van der Waals surface area contributed by atoms with E-state index in [1.54, 1.807) is 24.3 Å². The minimum atomic E-state index is -0.163. The van der Waals surface area contributed by atoms with Crippen molar-refractivity contribution in [2.75, 3.05) is 33.2 Å². The summed E-state index contributed by atoms with van der Waals surface area (Å²) in [5, 5.41) is 4.21. The monoisotopic (exact) mass is 422 g/mol. The van der Waals surface area contributed by atoms with Crippen LogP contribution in [0.1, 0.15) is 26.3 Å². The molecule has 30 heavy (non-hydrogen) atoms. The molecule has 2 heterocycles. The van der Waals surface area contributed by atoms with Gasteiger partial charge in [0.25, 0.3) is 11.8 Å². The minimum absolute atomic E-state index is 0.0589. The number of carbonyl (C=O) groups excluding carboxylic acids is 2. The molecule has 154 valence electrons. The van der Waals surface area contributed by atoms with Crippen LogP contribution in [-0.4, -0.2) is 59.8 Å². The Bertz CT molecular complexity index is 1080. The zero-order valence-electron chi connectivity index (χ0n) is 16.8. The summed E-state index contributed by atoms with van der Waals surface area (Å²) >= 11 is 5.90. The first kappa shape index (κ1) is 20.3. The van der Waals surface area contributed by atoms with Crippen LogP contribution in [0.15, 0.2) is 54.6 Å². The molecule has 6 nitrogen and oxygen atoms in total. The molecule has 1 aromatic heterocycles. The van der Waals surface area contributed by atoms with E-state index < -0.39 is 0 Å². The lowest BCUT2D eigenvalue weighted by Gasteiger charge is -2.32. The van der Waals surface area contributed by atoms with Crippen molar-refractivity contribution in [1.29, 1.82) is 0 Å². The highest BCUT2D eigenvalue weighted by Gasteiger charge is 2.20. The molecule has 1 aliphatic rings. The number of amides is 2. The van der Waals surface area contributed by atoms with E-state index in [4.69, 9.17) is 11.6 Å². The Labute approximate surface area is 180 Å². The maximum absolute atomic E-state index is 12.6. The zero-order chi connectivity index (χ0) is 21.1. The summed E-state index contributed by atoms with van der Waals surface area (Å²) in [4.78, 5) is 33.5. The highest BCUT2D eigenvalue weighted by molar-refractivity contribution is 6.29. The Hall–Kier alpha value is -2.96. The summed E-state index contributed by atoms with van der Waals surface area (Å²) in [5.74, 6) is -0.104. The van der Waals surface area contributed by atoms with Crippen LogP contribution in [0.4, 0.5) is 0 Å². The molecule has 4 rings (SSSR count). The fourth-order valence-corrected chi connectivity index (χ4v) is 3.64. The van der Waals surface area contributed by atoms with Gasteiger partial charge in [0.2, 0.25) is 0 Å². The van der Waals surface area contributed by atoms with Crippen LogP contribution in [0.3, 0.4) is 0 Å². The van der Waals surface area contributed by atoms with Gasteiger partial charge in [-0.05, 0) is 55.1 Å². The zero-order valence-corrected chi connectivity index (χ0v) is 17.5. The van der Waals surface area contributed by atoms with Gasteiger partial charge in [0.1, 0.15) is 5.15 Å². The van der Waals surface area contributed by atoms with Crippen LogP contribution >= 0.6 is 11.6 Å². The number of aromatic nitrogens is 1. The molecule has 1 fully saturated rings. The van der Waals surface area contributed by atoms with Gasteiger partial charge in [0, 0.05) is 49.2 Å². The first-order chi connectivity index (χ1) is 14.5. The van der Waals surface area contributed by atoms with Crippen molar-refractivity contribution >= 4 is 34.3 Å². The smallest absolute Gasteiger partial charge is 0.253 e. The Balaban J connectivity index is 1.36. The number of pyridine rings is 1. The maximum atomic E-state index is 12.6. The van der Waals surface area contributed by atoms with Crippen LogP contribution in [0.25, 0.3) is 10.9 Å². The van der Waals surface area contributed by atoms with Crippen LogP contribution in [0.5, 0.6) is 0 Å². The molecule has 0 unspecified atom stereocenters. The second-order valence-corrected chi connectivity index (χ2v) is 7.90. The van der Waals surface area contributed by atoms with E-state index in [0.717, 1.165) is 42.6 Å². The van der Waals surface area contributed by atoms with E-state index in [1.165, 1.54) is 0 Å². The number of halogens is 1. The Morgan fingerprint density at radius 1 is 0.967 bits per heavy atom. The number of nitrogens with one attached hydrogen (secondary N) is 1. The first-order valence-electron chi connectivity index (χ1n) is 9.91. The molecule has 1 saturated heterocycles. The molecule has 0 aliphatic carbocycles. The molecule has 1 aliphatic heterocycles. The Kier molecular flexibility index (Phi) is 5.97. The molecular formula is C23H23ClN4O2. The SMILES string of the molecule is CN1CCN(C(=O)c2ccc(CNC(=O)c3ccc4nc(Cl)ccc4c3)cc2)CC1. The van der Waals surface area contributed by atoms with E-state index in [9.17, 15) is 9.59 Å². The maximum Gasteiger partial charge on any atom is 0.253 e. The van der Waals surface area contributed by atoms with Crippen molar-refractivity contribution in [2.45, 2.75) is 6.54 Å². The van der Waals surface area contributed by atoms with Crippen LogP contribution in [-0.2, 0) is 6.54 Å². The van der Waals surface area contributed by atoms with Crippen LogP contribution in [0, 0.1) is 0 Å². The van der Waals surface area contributed by atoms with Gasteiger partial charge in [0.15, 0.2) is 0 Å². The largest absolute Gasteiger partial charge is 0.348 e. The third kappa shape index (κ3) is 4.61. The van der Waals surface area contributed by atoms with Gasteiger partial charge in [-0.25, -0.2) is 4.98 Å². The predicted octanol–water partition coefficient (Wildman–Crippen LogP) is 3.21. The van der Waals surface area contributed by atoms with Crippen LogP contribution < -0.4 is 5.32 Å². The number of hydrogen-bond acceptors (Lipinski definition) is 4. The van der Waals surface area contributed by atoms with Crippen molar-refractivity contribution < 1.29 is 9.59 Å². The van der Waals surface area contributed by atoms with E-state index in [-0.39, 0.29) is 11.8 Å². The lowest BCUT2D eigenvalue weighted by atomic mass is 10.1. The van der Waals surface area contributed by atoms with Crippen molar-refractivity contribution in [1.82, 2.24) is 20.1 Å². The van der Waals surface area contributed by atoms with Crippen molar-refractivity contribution in [2.24, 2.45) is 0 Å². The van der Waals surface area contributed by atoms with Crippen molar-refractivity contribution in [3.8, 4) is 0 Å². The molecule has 0 atom stereocenters. The summed E-state index contributed by atoms with van der Waals surface area (Å²) < 4.78 is 0. The first-order valence-corrected chi connectivity index (χ1v) is 10.3. The molecule has 0 radical (unpaired) electrons. The number of nitrogens with zero attached hydrogens (tertiary/aromatic N) is 3. The Morgan fingerprint density at radius 3 is 2.40 bits per heavy atom. The van der Waals surface area contributed by atoms with Gasteiger partial charge in [-0.15, -0.1) is 0 Å². The second kappa shape index (κ2) is 8.81. The highest BCUT2D eigenvalue weighted by Crippen LogP contribution is 2.17. The lowest BCUT2D eigenvalue weighted by Crippen LogP contribution is -2.47. The molecular weight excluding hydrogens is 400 g/mol. The Morgan fingerprint density at radius 2 is 1.67 bits per heavy atom. The second-order valence-electron chi connectivity index (χ2n) is 7.52. The molecule has 3 aromatic rings. The average molecular weight is 423 g/mol. The van der Waals surface area contributed by atoms with Gasteiger partial charge in [-0.3, -0.25) is 9.59 Å². The molecule has 7 heteroatoms. The normalized spacial score (nSPS) is 14.7. The van der Waals surface area contributed by atoms with Gasteiger partial charge in [-0.1, -0.05) is 23.7 Å². The summed E-state index contributed by atoms with van der Waals surface area (Å²) in [7, 11) is 2.06. The fourth-order valence-electron chi connectivity index (χ4n) is 3.48. The standard InChI is InChI=1S/C23H23ClN4O2/c1-27-10-12-28(13-11-27)23(30)17-4-2-16(3-5-17)15-25-22(29)19-6-8-20-18(14-19)7-9-21(24)26-20/h2-9,14H,10-13,15H2,1H3,(H,25,29). The van der Waals surface area contributed by atoms with E-state index in [1.807, 2.05) is 35.2 Å². The van der Waals surface area contributed by atoms with Gasteiger partial charge < -0.3 is 15.1 Å². The summed E-state index contributed by atoms with van der Waals surface area (Å²) in [6, 6.07) is 16.3. The third-order valence-electron chi connectivity index (χ3n) is 5.36. The topological polar surface area (TPSA) is 65.5 Å². The van der Waals surface area contributed by atoms with E-state index >= 15 is 0 Å².